The fraction of sp³-hybridized carbons (Fsp3) is 0.238. The zero-order chi connectivity index (χ0) is 19.1. The first kappa shape index (κ1) is 17.1. The maximum Gasteiger partial charge on any atom is 0.254 e. The van der Waals surface area contributed by atoms with Gasteiger partial charge in [0.15, 0.2) is 0 Å². The minimum absolute atomic E-state index is 0.0351. The van der Waals surface area contributed by atoms with Crippen LogP contribution in [0.3, 0.4) is 0 Å². The molecule has 6 nitrogen and oxygen atoms in total. The van der Waals surface area contributed by atoms with Gasteiger partial charge in [0.2, 0.25) is 0 Å². The van der Waals surface area contributed by atoms with Crippen molar-refractivity contribution in [1.29, 1.82) is 0 Å². The maximum absolute atomic E-state index is 13.2. The number of rotatable bonds is 3. The minimum atomic E-state index is -0.0351. The van der Waals surface area contributed by atoms with Crippen LogP contribution in [0.1, 0.15) is 32.7 Å². The van der Waals surface area contributed by atoms with Gasteiger partial charge in [-0.25, -0.2) is 4.63 Å². The number of aromatic nitrogens is 3. The number of nitrogens with zero attached hydrogens (tertiary/aromatic N) is 4. The van der Waals surface area contributed by atoms with Crippen molar-refractivity contribution in [3.63, 3.8) is 0 Å². The van der Waals surface area contributed by atoms with Crippen LogP contribution in [-0.4, -0.2) is 33.2 Å². The van der Waals surface area contributed by atoms with Crippen LogP contribution < -0.4 is 0 Å². The average molecular weight is 360 g/mol. The molecular formula is C21H20N4O2. The second-order valence-electron chi connectivity index (χ2n) is 6.96. The lowest BCUT2D eigenvalue weighted by Crippen LogP contribution is -2.26. The molecule has 4 aromatic rings. The van der Waals surface area contributed by atoms with Gasteiger partial charge < -0.3 is 4.90 Å². The first-order valence-electron chi connectivity index (χ1n) is 8.78. The summed E-state index contributed by atoms with van der Waals surface area (Å²) in [6.45, 7) is 6.49. The second kappa shape index (κ2) is 6.46. The smallest absolute Gasteiger partial charge is 0.254 e. The van der Waals surface area contributed by atoms with Crippen molar-refractivity contribution >= 4 is 27.8 Å². The monoisotopic (exact) mass is 360 g/mol. The van der Waals surface area contributed by atoms with Crippen LogP contribution in [0.15, 0.2) is 41.0 Å². The predicted molar refractivity (Wildman–Crippen MR) is 104 cm³/mol. The van der Waals surface area contributed by atoms with Gasteiger partial charge in [0.25, 0.3) is 5.91 Å². The van der Waals surface area contributed by atoms with Crippen molar-refractivity contribution in [3.05, 3.63) is 64.3 Å². The van der Waals surface area contributed by atoms with E-state index in [1.165, 1.54) is 5.56 Å². The fourth-order valence-corrected chi connectivity index (χ4v) is 3.31. The molecule has 4 rings (SSSR count). The summed E-state index contributed by atoms with van der Waals surface area (Å²) >= 11 is 0. The van der Waals surface area contributed by atoms with Crippen LogP contribution in [0.25, 0.3) is 21.9 Å². The third-order valence-electron chi connectivity index (χ3n) is 4.95. The molecule has 0 unspecified atom stereocenters. The Morgan fingerprint density at radius 3 is 2.63 bits per heavy atom. The minimum Gasteiger partial charge on any atom is -0.337 e. The molecule has 0 aliphatic heterocycles. The third-order valence-corrected chi connectivity index (χ3v) is 4.95. The number of fused-ring (bicyclic) bond motifs is 2. The van der Waals surface area contributed by atoms with Gasteiger partial charge in [-0.1, -0.05) is 18.2 Å². The highest BCUT2D eigenvalue weighted by molar-refractivity contribution is 6.06. The van der Waals surface area contributed by atoms with E-state index in [2.05, 4.69) is 22.2 Å². The molecule has 0 saturated heterocycles. The fourth-order valence-electron chi connectivity index (χ4n) is 3.31. The van der Waals surface area contributed by atoms with E-state index in [1.807, 2.05) is 50.2 Å². The van der Waals surface area contributed by atoms with Crippen molar-refractivity contribution < 1.29 is 9.42 Å². The summed E-state index contributed by atoms with van der Waals surface area (Å²) in [6.07, 6.45) is 0. The molecule has 0 aliphatic carbocycles. The molecule has 0 N–H and O–H groups in total. The van der Waals surface area contributed by atoms with Crippen LogP contribution in [0.2, 0.25) is 0 Å². The summed E-state index contributed by atoms with van der Waals surface area (Å²) < 4.78 is 4.74. The number of carbonyl (C=O) groups is 1. The molecule has 0 fully saturated rings. The summed E-state index contributed by atoms with van der Waals surface area (Å²) in [5.41, 5.74) is 7.03. The molecule has 6 heteroatoms. The van der Waals surface area contributed by atoms with Gasteiger partial charge in [0.1, 0.15) is 11.0 Å². The first-order valence-corrected chi connectivity index (χ1v) is 8.78. The van der Waals surface area contributed by atoms with Gasteiger partial charge in [0, 0.05) is 24.7 Å². The lowest BCUT2D eigenvalue weighted by molar-refractivity contribution is 0.0787. The number of pyridine rings is 1. The highest BCUT2D eigenvalue weighted by Crippen LogP contribution is 2.25. The molecule has 2 heterocycles. The number of amides is 1. The van der Waals surface area contributed by atoms with E-state index in [9.17, 15) is 4.79 Å². The molecule has 2 aromatic heterocycles. The Bertz CT molecular complexity index is 1180. The molecule has 0 saturated carbocycles. The standard InChI is InChI=1S/C21H20N4O2/c1-12-5-7-16-17(9-13(2)22-20(16)14(12)3)21(26)25(4)11-15-6-8-18-19(10-15)24-27-23-18/h5-10H,11H2,1-4H3. The zero-order valence-corrected chi connectivity index (χ0v) is 15.8. The lowest BCUT2D eigenvalue weighted by Gasteiger charge is -2.19. The number of aryl methyl sites for hydroxylation is 3. The Balaban J connectivity index is 1.70. The van der Waals surface area contributed by atoms with Gasteiger partial charge >= 0.3 is 0 Å². The van der Waals surface area contributed by atoms with E-state index in [4.69, 9.17) is 4.63 Å². The molecule has 0 radical (unpaired) electrons. The number of hydrogen-bond acceptors (Lipinski definition) is 5. The summed E-state index contributed by atoms with van der Waals surface area (Å²) in [5.74, 6) is -0.0351. The average Bonchev–Trinajstić information content (AvgIpc) is 3.11. The summed E-state index contributed by atoms with van der Waals surface area (Å²) in [4.78, 5) is 19.5. The van der Waals surface area contributed by atoms with Crippen LogP contribution in [-0.2, 0) is 6.54 Å². The molecule has 1 amide bonds. The Kier molecular flexibility index (Phi) is 4.11. The van der Waals surface area contributed by atoms with E-state index in [-0.39, 0.29) is 5.91 Å². The van der Waals surface area contributed by atoms with E-state index in [0.29, 0.717) is 23.1 Å². The van der Waals surface area contributed by atoms with Gasteiger partial charge in [-0.05, 0) is 66.0 Å². The maximum atomic E-state index is 13.2. The highest BCUT2D eigenvalue weighted by atomic mass is 16.6. The van der Waals surface area contributed by atoms with Gasteiger partial charge in [0.05, 0.1) is 11.1 Å². The van der Waals surface area contributed by atoms with Gasteiger partial charge in [-0.15, -0.1) is 0 Å². The summed E-state index contributed by atoms with van der Waals surface area (Å²) in [6, 6.07) is 11.5. The third kappa shape index (κ3) is 3.03. The first-order chi connectivity index (χ1) is 12.9. The molecule has 0 spiro atoms. The van der Waals surface area contributed by atoms with Crippen LogP contribution in [0.5, 0.6) is 0 Å². The van der Waals surface area contributed by atoms with Crippen LogP contribution in [0.4, 0.5) is 0 Å². The van der Waals surface area contributed by atoms with Gasteiger partial charge in [-0.2, -0.15) is 0 Å². The molecule has 0 atom stereocenters. The zero-order valence-electron chi connectivity index (χ0n) is 15.8. The van der Waals surface area contributed by atoms with Crippen molar-refractivity contribution in [2.75, 3.05) is 7.05 Å². The Morgan fingerprint density at radius 2 is 1.81 bits per heavy atom. The topological polar surface area (TPSA) is 72.1 Å². The molecule has 27 heavy (non-hydrogen) atoms. The van der Waals surface area contributed by atoms with E-state index in [1.54, 1.807) is 11.9 Å². The van der Waals surface area contributed by atoms with Gasteiger partial charge in [-0.3, -0.25) is 9.78 Å². The normalized spacial score (nSPS) is 11.3. The molecule has 0 aliphatic rings. The Labute approximate surface area is 156 Å². The van der Waals surface area contributed by atoms with Crippen molar-refractivity contribution in [2.45, 2.75) is 27.3 Å². The van der Waals surface area contributed by atoms with E-state index < -0.39 is 0 Å². The molecular weight excluding hydrogens is 340 g/mol. The van der Waals surface area contributed by atoms with Crippen molar-refractivity contribution in [2.24, 2.45) is 0 Å². The largest absolute Gasteiger partial charge is 0.337 e. The molecule has 0 bridgehead atoms. The molecule has 136 valence electrons. The quantitative estimate of drug-likeness (QED) is 0.553. The molecule has 2 aromatic carbocycles. The number of carbonyl (C=O) groups excluding carboxylic acids is 1. The SMILES string of the molecule is Cc1cc(C(=O)N(C)Cc2ccc3nonc3c2)c2ccc(C)c(C)c2n1. The van der Waals surface area contributed by atoms with E-state index in [0.717, 1.165) is 27.7 Å². The number of hydrogen-bond donors (Lipinski definition) is 0. The van der Waals surface area contributed by atoms with Crippen LogP contribution >= 0.6 is 0 Å². The lowest BCUT2D eigenvalue weighted by atomic mass is 10.00. The number of benzene rings is 2. The predicted octanol–water partition coefficient (Wildman–Crippen LogP) is 3.97. The van der Waals surface area contributed by atoms with E-state index >= 15 is 0 Å². The Morgan fingerprint density at radius 1 is 1.04 bits per heavy atom. The van der Waals surface area contributed by atoms with Crippen LogP contribution in [0, 0.1) is 20.8 Å². The highest BCUT2D eigenvalue weighted by Gasteiger charge is 2.18. The van der Waals surface area contributed by atoms with Crippen molar-refractivity contribution in [3.8, 4) is 0 Å². The summed E-state index contributed by atoms with van der Waals surface area (Å²) in [5, 5.41) is 8.56. The summed E-state index contributed by atoms with van der Waals surface area (Å²) in [7, 11) is 1.80. The Hall–Kier alpha value is -3.28. The van der Waals surface area contributed by atoms with Crippen molar-refractivity contribution in [1.82, 2.24) is 20.2 Å². The second-order valence-corrected chi connectivity index (χ2v) is 6.96.